The number of hydrogen-bond acceptors (Lipinski definition) is 3. The maximum atomic E-state index is 13.5. The van der Waals surface area contributed by atoms with Gasteiger partial charge in [-0.1, -0.05) is 48.9 Å². The molecule has 156 valence electrons. The molecule has 2 aliphatic rings. The summed E-state index contributed by atoms with van der Waals surface area (Å²) in [4.78, 5) is 27.4. The van der Waals surface area contributed by atoms with Gasteiger partial charge in [0.2, 0.25) is 5.91 Å². The molecule has 0 bridgehead atoms. The Labute approximate surface area is 175 Å². The Kier molecular flexibility index (Phi) is 6.12. The minimum absolute atomic E-state index is 0.0172. The van der Waals surface area contributed by atoms with Gasteiger partial charge in [0.25, 0.3) is 5.91 Å². The predicted octanol–water partition coefficient (Wildman–Crippen LogP) is 3.65. The van der Waals surface area contributed by atoms with Crippen LogP contribution < -0.4 is 5.32 Å². The molecule has 2 atom stereocenters. The molecule has 2 amide bonds. The number of carbonyl (C=O) groups excluding carboxylic acids is 2. The smallest absolute Gasteiger partial charge is 0.289 e. The maximum absolute atomic E-state index is 13.5. The molecule has 1 saturated carbocycles. The Bertz CT molecular complexity index is 944. The molecule has 0 radical (unpaired) electrons. The van der Waals surface area contributed by atoms with E-state index in [1.807, 2.05) is 30.3 Å². The van der Waals surface area contributed by atoms with Crippen LogP contribution >= 0.6 is 0 Å². The van der Waals surface area contributed by atoms with Crippen molar-refractivity contribution in [3.8, 4) is 0 Å². The van der Waals surface area contributed by atoms with Crippen LogP contribution in [-0.4, -0.2) is 35.4 Å². The van der Waals surface area contributed by atoms with Crippen molar-refractivity contribution in [3.63, 3.8) is 0 Å². The lowest BCUT2D eigenvalue weighted by atomic mass is 9.89. The Hall–Kier alpha value is -3.15. The fraction of sp³-hybridized carbons (Fsp3) is 0.333. The van der Waals surface area contributed by atoms with Crippen molar-refractivity contribution in [3.05, 3.63) is 77.3 Å². The number of benzene rings is 2. The normalized spacial score (nSPS) is 22.4. The summed E-state index contributed by atoms with van der Waals surface area (Å²) >= 11 is 0. The number of amides is 2. The van der Waals surface area contributed by atoms with E-state index in [4.69, 9.17) is 4.74 Å². The van der Waals surface area contributed by atoms with Crippen LogP contribution in [0, 0.1) is 5.82 Å². The second kappa shape index (κ2) is 9.11. The zero-order valence-electron chi connectivity index (χ0n) is 16.7. The van der Waals surface area contributed by atoms with Crippen molar-refractivity contribution < 1.29 is 18.7 Å². The molecule has 1 N–H and O–H groups in total. The van der Waals surface area contributed by atoms with E-state index in [-0.39, 0.29) is 42.1 Å². The van der Waals surface area contributed by atoms with Crippen molar-refractivity contribution in [2.45, 2.75) is 44.4 Å². The van der Waals surface area contributed by atoms with Gasteiger partial charge in [0.15, 0.2) is 5.76 Å². The number of nitrogens with one attached hydrogen (secondary N) is 1. The monoisotopic (exact) mass is 408 g/mol. The largest absolute Gasteiger partial charge is 0.482 e. The van der Waals surface area contributed by atoms with Gasteiger partial charge in [0.05, 0.1) is 6.04 Å². The molecule has 1 saturated heterocycles. The average molecular weight is 408 g/mol. The summed E-state index contributed by atoms with van der Waals surface area (Å²) in [5.74, 6) is -0.735. The number of ether oxygens (including phenoxy) is 1. The average Bonchev–Trinajstić information content (AvgIpc) is 2.76. The van der Waals surface area contributed by atoms with E-state index in [0.717, 1.165) is 31.2 Å². The third-order valence-corrected chi connectivity index (χ3v) is 5.61. The topological polar surface area (TPSA) is 58.6 Å². The van der Waals surface area contributed by atoms with E-state index >= 15 is 0 Å². The number of hydrogen-bond donors (Lipinski definition) is 1. The van der Waals surface area contributed by atoms with Crippen molar-refractivity contribution in [1.82, 2.24) is 10.2 Å². The summed E-state index contributed by atoms with van der Waals surface area (Å²) in [6.07, 6.45) is 5.10. The van der Waals surface area contributed by atoms with E-state index in [9.17, 15) is 14.0 Å². The number of morpholine rings is 1. The third kappa shape index (κ3) is 4.70. The van der Waals surface area contributed by atoms with Gasteiger partial charge in [-0.15, -0.1) is 0 Å². The molecule has 1 aliphatic heterocycles. The summed E-state index contributed by atoms with van der Waals surface area (Å²) in [6, 6.07) is 15.6. The molecular formula is C24H25FN2O3. The molecule has 1 aliphatic carbocycles. The highest BCUT2D eigenvalue weighted by molar-refractivity contribution is 5.98. The van der Waals surface area contributed by atoms with Crippen molar-refractivity contribution >= 4 is 17.9 Å². The van der Waals surface area contributed by atoms with Gasteiger partial charge in [-0.2, -0.15) is 0 Å². The molecule has 2 aromatic rings. The summed E-state index contributed by atoms with van der Waals surface area (Å²) in [6.45, 7) is 0.398. The van der Waals surface area contributed by atoms with Gasteiger partial charge < -0.3 is 15.0 Å². The van der Waals surface area contributed by atoms with Gasteiger partial charge in [0.1, 0.15) is 18.5 Å². The highest BCUT2D eigenvalue weighted by Crippen LogP contribution is 2.33. The SMILES string of the molecule is O=C(CN1C(=O)/C(=C\c2cccc(F)c2)OC2CCCCC21)NCc1ccccc1. The van der Waals surface area contributed by atoms with Crippen LogP contribution in [0.15, 0.2) is 60.4 Å². The third-order valence-electron chi connectivity index (χ3n) is 5.61. The second-order valence-electron chi connectivity index (χ2n) is 7.77. The summed E-state index contributed by atoms with van der Waals surface area (Å²) in [5.41, 5.74) is 1.56. The fourth-order valence-electron chi connectivity index (χ4n) is 4.12. The van der Waals surface area contributed by atoms with E-state index in [2.05, 4.69) is 5.32 Å². The van der Waals surface area contributed by atoms with Crippen LogP contribution in [0.1, 0.15) is 36.8 Å². The molecule has 0 aromatic heterocycles. The lowest BCUT2D eigenvalue weighted by molar-refractivity contribution is -0.151. The zero-order chi connectivity index (χ0) is 20.9. The molecule has 5 nitrogen and oxygen atoms in total. The summed E-state index contributed by atoms with van der Waals surface area (Å²) in [7, 11) is 0. The van der Waals surface area contributed by atoms with E-state index < -0.39 is 0 Å². The van der Waals surface area contributed by atoms with Crippen molar-refractivity contribution in [2.24, 2.45) is 0 Å². The first-order chi connectivity index (χ1) is 14.6. The van der Waals surface area contributed by atoms with E-state index in [1.54, 1.807) is 23.1 Å². The zero-order valence-corrected chi connectivity index (χ0v) is 16.7. The lowest BCUT2D eigenvalue weighted by Crippen LogP contribution is -2.57. The van der Waals surface area contributed by atoms with Crippen LogP contribution in [0.5, 0.6) is 0 Å². The number of nitrogens with zero attached hydrogens (tertiary/aromatic N) is 1. The molecular weight excluding hydrogens is 383 g/mol. The fourth-order valence-corrected chi connectivity index (χ4v) is 4.12. The number of rotatable bonds is 5. The van der Waals surface area contributed by atoms with Gasteiger partial charge >= 0.3 is 0 Å². The molecule has 30 heavy (non-hydrogen) atoms. The second-order valence-corrected chi connectivity index (χ2v) is 7.77. The Balaban J connectivity index is 1.50. The van der Waals surface area contributed by atoms with Crippen LogP contribution in [0.4, 0.5) is 4.39 Å². The number of fused-ring (bicyclic) bond motifs is 1. The van der Waals surface area contributed by atoms with Crippen molar-refractivity contribution in [2.75, 3.05) is 6.54 Å². The highest BCUT2D eigenvalue weighted by atomic mass is 19.1. The summed E-state index contributed by atoms with van der Waals surface area (Å²) < 4.78 is 19.5. The van der Waals surface area contributed by atoms with E-state index in [0.29, 0.717) is 12.1 Å². The minimum atomic E-state index is -0.375. The first kappa shape index (κ1) is 20.1. The van der Waals surface area contributed by atoms with Crippen LogP contribution in [0.25, 0.3) is 6.08 Å². The molecule has 4 rings (SSSR count). The van der Waals surface area contributed by atoms with Crippen LogP contribution in [-0.2, 0) is 20.9 Å². The maximum Gasteiger partial charge on any atom is 0.289 e. The highest BCUT2D eigenvalue weighted by Gasteiger charge is 2.42. The number of carbonyl (C=O) groups is 2. The molecule has 2 fully saturated rings. The van der Waals surface area contributed by atoms with Crippen LogP contribution in [0.3, 0.4) is 0 Å². The van der Waals surface area contributed by atoms with Gasteiger partial charge in [-0.3, -0.25) is 9.59 Å². The molecule has 1 heterocycles. The van der Waals surface area contributed by atoms with Crippen molar-refractivity contribution in [1.29, 1.82) is 0 Å². The first-order valence-corrected chi connectivity index (χ1v) is 10.4. The molecule has 2 aromatic carbocycles. The number of halogens is 1. The van der Waals surface area contributed by atoms with Gasteiger partial charge in [-0.05, 0) is 48.6 Å². The quantitative estimate of drug-likeness (QED) is 0.769. The molecule has 0 spiro atoms. The lowest BCUT2D eigenvalue weighted by Gasteiger charge is -2.44. The first-order valence-electron chi connectivity index (χ1n) is 10.4. The van der Waals surface area contributed by atoms with Crippen LogP contribution in [0.2, 0.25) is 0 Å². The minimum Gasteiger partial charge on any atom is -0.482 e. The Morgan fingerprint density at radius 3 is 2.73 bits per heavy atom. The predicted molar refractivity (Wildman–Crippen MR) is 112 cm³/mol. The van der Waals surface area contributed by atoms with Gasteiger partial charge in [-0.25, -0.2) is 4.39 Å². The van der Waals surface area contributed by atoms with Gasteiger partial charge in [0, 0.05) is 6.54 Å². The molecule has 6 heteroatoms. The Morgan fingerprint density at radius 2 is 1.93 bits per heavy atom. The Morgan fingerprint density at radius 1 is 1.13 bits per heavy atom. The summed E-state index contributed by atoms with van der Waals surface area (Å²) in [5, 5.41) is 2.89. The molecule has 2 unspecified atom stereocenters. The standard InChI is InChI=1S/C24H25FN2O3/c25-19-10-6-9-18(13-19)14-22-24(29)27(20-11-4-5-12-21(20)30-22)16-23(28)26-15-17-7-2-1-3-8-17/h1-3,6-10,13-14,20-21H,4-5,11-12,15-16H2,(H,26,28)/b22-14+. The van der Waals surface area contributed by atoms with E-state index in [1.165, 1.54) is 12.1 Å².